The van der Waals surface area contributed by atoms with Crippen molar-refractivity contribution in [2.75, 3.05) is 26.2 Å². The average Bonchev–Trinajstić information content (AvgIpc) is 2.81. The first-order valence-electron chi connectivity index (χ1n) is 7.88. The van der Waals surface area contributed by atoms with Gasteiger partial charge in [-0.15, -0.1) is 24.8 Å². The van der Waals surface area contributed by atoms with E-state index in [2.05, 4.69) is 4.90 Å². The maximum Gasteiger partial charge on any atom is 0.226 e. The summed E-state index contributed by atoms with van der Waals surface area (Å²) in [6.07, 6.45) is 6.57. The molecule has 2 aliphatic rings. The summed E-state index contributed by atoms with van der Waals surface area (Å²) in [6.45, 7) is 7.85. The van der Waals surface area contributed by atoms with Crippen LogP contribution >= 0.6 is 24.8 Å². The molecule has 4 nitrogen and oxygen atoms in total. The summed E-state index contributed by atoms with van der Waals surface area (Å²) < 4.78 is 0. The van der Waals surface area contributed by atoms with Crippen molar-refractivity contribution in [1.29, 1.82) is 0 Å². The van der Waals surface area contributed by atoms with Crippen molar-refractivity contribution in [3.63, 3.8) is 0 Å². The van der Waals surface area contributed by atoms with E-state index < -0.39 is 0 Å². The third kappa shape index (κ3) is 5.59. The van der Waals surface area contributed by atoms with Crippen molar-refractivity contribution in [3.8, 4) is 0 Å². The summed E-state index contributed by atoms with van der Waals surface area (Å²) in [7, 11) is 0. The minimum Gasteiger partial charge on any atom is -0.341 e. The van der Waals surface area contributed by atoms with Crippen LogP contribution < -0.4 is 5.73 Å². The SMILES string of the molecule is CC(N)C(C)C(=O)N1CCCN(C2CCCC2)CC1.Cl.Cl. The number of rotatable bonds is 3. The fourth-order valence-corrected chi connectivity index (χ4v) is 3.31. The second kappa shape index (κ2) is 9.88. The van der Waals surface area contributed by atoms with Crippen LogP contribution in [0.2, 0.25) is 0 Å². The van der Waals surface area contributed by atoms with Gasteiger partial charge in [-0.25, -0.2) is 0 Å². The van der Waals surface area contributed by atoms with Gasteiger partial charge in [0.1, 0.15) is 0 Å². The predicted molar refractivity (Wildman–Crippen MR) is 92.3 cm³/mol. The van der Waals surface area contributed by atoms with Gasteiger partial charge in [-0.1, -0.05) is 19.8 Å². The molecule has 2 atom stereocenters. The van der Waals surface area contributed by atoms with E-state index in [0.29, 0.717) is 0 Å². The van der Waals surface area contributed by atoms with Gasteiger partial charge in [0.15, 0.2) is 0 Å². The highest BCUT2D eigenvalue weighted by molar-refractivity contribution is 5.85. The van der Waals surface area contributed by atoms with Crippen molar-refractivity contribution in [3.05, 3.63) is 0 Å². The largest absolute Gasteiger partial charge is 0.341 e. The summed E-state index contributed by atoms with van der Waals surface area (Å²) in [5.41, 5.74) is 5.85. The fraction of sp³-hybridized carbons (Fsp3) is 0.933. The lowest BCUT2D eigenvalue weighted by Crippen LogP contribution is -2.43. The van der Waals surface area contributed by atoms with Crippen LogP contribution in [0.4, 0.5) is 0 Å². The van der Waals surface area contributed by atoms with Crippen LogP contribution in [0, 0.1) is 5.92 Å². The molecule has 0 radical (unpaired) electrons. The van der Waals surface area contributed by atoms with Crippen LogP contribution in [0.3, 0.4) is 0 Å². The first-order chi connectivity index (χ1) is 9.09. The number of hydrogen-bond acceptors (Lipinski definition) is 3. The molecule has 1 aliphatic carbocycles. The normalized spacial score (nSPS) is 23.7. The highest BCUT2D eigenvalue weighted by Gasteiger charge is 2.28. The highest BCUT2D eigenvalue weighted by Crippen LogP contribution is 2.24. The summed E-state index contributed by atoms with van der Waals surface area (Å²) in [5.74, 6) is 0.182. The zero-order valence-electron chi connectivity index (χ0n) is 13.3. The van der Waals surface area contributed by atoms with Gasteiger partial charge in [0, 0.05) is 38.3 Å². The molecule has 2 rings (SSSR count). The third-order valence-electron chi connectivity index (χ3n) is 4.86. The topological polar surface area (TPSA) is 49.6 Å². The summed E-state index contributed by atoms with van der Waals surface area (Å²) >= 11 is 0. The molecule has 6 heteroatoms. The number of amides is 1. The zero-order chi connectivity index (χ0) is 13.8. The summed E-state index contributed by atoms with van der Waals surface area (Å²) in [4.78, 5) is 17.0. The zero-order valence-corrected chi connectivity index (χ0v) is 14.9. The number of nitrogens with zero attached hydrogens (tertiary/aromatic N) is 2. The van der Waals surface area contributed by atoms with Crippen molar-refractivity contribution >= 4 is 30.7 Å². The minimum atomic E-state index is -0.0574. The second-order valence-corrected chi connectivity index (χ2v) is 6.30. The van der Waals surface area contributed by atoms with Crippen molar-refractivity contribution in [2.24, 2.45) is 11.7 Å². The van der Waals surface area contributed by atoms with Gasteiger partial charge < -0.3 is 10.6 Å². The van der Waals surface area contributed by atoms with E-state index in [-0.39, 0.29) is 42.7 Å². The maximum atomic E-state index is 12.3. The molecule has 1 saturated carbocycles. The average molecular weight is 340 g/mol. The number of hydrogen-bond donors (Lipinski definition) is 1. The Balaban J connectivity index is 0.00000200. The van der Waals surface area contributed by atoms with E-state index in [9.17, 15) is 4.79 Å². The van der Waals surface area contributed by atoms with E-state index in [1.54, 1.807) is 0 Å². The molecule has 2 unspecified atom stereocenters. The molecular weight excluding hydrogens is 309 g/mol. The molecule has 126 valence electrons. The molecule has 1 heterocycles. The predicted octanol–water partition coefficient (Wildman–Crippen LogP) is 2.29. The van der Waals surface area contributed by atoms with Crippen LogP contribution in [0.5, 0.6) is 0 Å². The molecule has 21 heavy (non-hydrogen) atoms. The van der Waals surface area contributed by atoms with Crippen molar-refractivity contribution in [2.45, 2.75) is 58.0 Å². The van der Waals surface area contributed by atoms with Crippen LogP contribution in [-0.2, 0) is 4.79 Å². The van der Waals surface area contributed by atoms with Gasteiger partial charge >= 0.3 is 0 Å². The number of carbonyl (C=O) groups is 1. The van der Waals surface area contributed by atoms with Crippen LogP contribution in [0.1, 0.15) is 46.0 Å². The molecule has 1 amide bonds. The first-order valence-corrected chi connectivity index (χ1v) is 7.88. The van der Waals surface area contributed by atoms with Gasteiger partial charge in [0.05, 0.1) is 5.92 Å². The Bertz CT molecular complexity index is 309. The number of nitrogens with two attached hydrogens (primary N) is 1. The Morgan fingerprint density at radius 3 is 2.19 bits per heavy atom. The molecule has 0 aromatic heterocycles. The van der Waals surface area contributed by atoms with Gasteiger partial charge in [-0.3, -0.25) is 9.69 Å². The van der Waals surface area contributed by atoms with Crippen LogP contribution in [0.15, 0.2) is 0 Å². The van der Waals surface area contributed by atoms with E-state index >= 15 is 0 Å². The molecule has 1 saturated heterocycles. The monoisotopic (exact) mass is 339 g/mol. The lowest BCUT2D eigenvalue weighted by molar-refractivity contribution is -0.135. The molecule has 2 fully saturated rings. The molecule has 0 bridgehead atoms. The van der Waals surface area contributed by atoms with Gasteiger partial charge in [-0.2, -0.15) is 0 Å². The van der Waals surface area contributed by atoms with E-state index in [4.69, 9.17) is 5.73 Å². The second-order valence-electron chi connectivity index (χ2n) is 6.30. The molecule has 0 aromatic rings. The minimum absolute atomic E-state index is 0. The summed E-state index contributed by atoms with van der Waals surface area (Å²) in [6, 6.07) is 0.725. The smallest absolute Gasteiger partial charge is 0.226 e. The van der Waals surface area contributed by atoms with Gasteiger partial charge in [-0.05, 0) is 26.2 Å². The quantitative estimate of drug-likeness (QED) is 0.858. The third-order valence-corrected chi connectivity index (χ3v) is 4.86. The summed E-state index contributed by atoms with van der Waals surface area (Å²) in [5, 5.41) is 0. The van der Waals surface area contributed by atoms with Crippen molar-refractivity contribution in [1.82, 2.24) is 9.80 Å². The van der Waals surface area contributed by atoms with E-state index in [1.165, 1.54) is 25.7 Å². The van der Waals surface area contributed by atoms with E-state index in [0.717, 1.165) is 38.6 Å². The lowest BCUT2D eigenvalue weighted by atomic mass is 10.0. The Morgan fingerprint density at radius 2 is 1.62 bits per heavy atom. The Labute approximate surface area is 141 Å². The van der Waals surface area contributed by atoms with Crippen LogP contribution in [-0.4, -0.2) is 54.0 Å². The van der Waals surface area contributed by atoms with E-state index in [1.807, 2.05) is 18.7 Å². The maximum absolute atomic E-state index is 12.3. The molecule has 2 N–H and O–H groups in total. The van der Waals surface area contributed by atoms with Gasteiger partial charge in [0.2, 0.25) is 5.91 Å². The molecular formula is C15H31Cl2N3O. The standard InChI is InChI=1S/C15H29N3O.2ClH/c1-12(13(2)16)15(19)18-9-5-8-17(10-11-18)14-6-3-4-7-14;;/h12-14H,3-11,16H2,1-2H3;2*1H. The Hall–Kier alpha value is -0.0300. The fourth-order valence-electron chi connectivity index (χ4n) is 3.31. The Morgan fingerprint density at radius 1 is 1.00 bits per heavy atom. The number of halogens is 2. The molecule has 0 aromatic carbocycles. The molecule has 0 spiro atoms. The number of carbonyl (C=O) groups excluding carboxylic acids is 1. The Kier molecular flexibility index (Phi) is 9.87. The lowest BCUT2D eigenvalue weighted by Gasteiger charge is -2.28. The first kappa shape index (κ1) is 21.0. The van der Waals surface area contributed by atoms with Crippen molar-refractivity contribution < 1.29 is 4.79 Å². The molecule has 1 aliphatic heterocycles. The van der Waals surface area contributed by atoms with Gasteiger partial charge in [0.25, 0.3) is 0 Å². The van der Waals surface area contributed by atoms with Crippen LogP contribution in [0.25, 0.3) is 0 Å². The highest BCUT2D eigenvalue weighted by atomic mass is 35.5.